The molecular weight excluding hydrogens is 553 g/mol. The monoisotopic (exact) mass is 584 g/mol. The van der Waals surface area contributed by atoms with Crippen molar-refractivity contribution < 1.29 is 37.4 Å². The van der Waals surface area contributed by atoms with E-state index in [9.17, 15) is 32.7 Å². The molecule has 1 N–H and O–H groups in total. The summed E-state index contributed by atoms with van der Waals surface area (Å²) in [4.78, 5) is 43.9. The van der Waals surface area contributed by atoms with Crippen molar-refractivity contribution in [3.8, 4) is 0 Å². The molecule has 0 bridgehead atoms. The van der Waals surface area contributed by atoms with E-state index in [1.165, 1.54) is 12.4 Å². The quantitative estimate of drug-likeness (QED) is 0.409. The Morgan fingerprint density at radius 1 is 1.18 bits per heavy atom. The van der Waals surface area contributed by atoms with Crippen LogP contribution in [0.4, 0.5) is 13.2 Å². The summed E-state index contributed by atoms with van der Waals surface area (Å²) < 4.78 is 49.5. The van der Waals surface area contributed by atoms with Crippen LogP contribution < -0.4 is 0 Å². The number of carboxylic acids is 1. The number of nitrogens with zero attached hydrogens (tertiary/aromatic N) is 4. The second-order valence-corrected chi connectivity index (χ2v) is 11.8. The summed E-state index contributed by atoms with van der Waals surface area (Å²) >= 11 is 6.26. The van der Waals surface area contributed by atoms with Crippen molar-refractivity contribution in [3.63, 3.8) is 0 Å². The number of hydrogen-bond acceptors (Lipinski definition) is 6. The molecule has 1 aliphatic heterocycles. The van der Waals surface area contributed by atoms with E-state index in [1.807, 2.05) is 13.8 Å². The van der Waals surface area contributed by atoms with Crippen molar-refractivity contribution in [3.05, 3.63) is 46.0 Å². The number of alkyl halides is 3. The Hall–Kier alpha value is -2.99. The van der Waals surface area contributed by atoms with Gasteiger partial charge in [-0.1, -0.05) is 25.4 Å². The van der Waals surface area contributed by atoms with Gasteiger partial charge < -0.3 is 14.7 Å². The molecule has 1 saturated heterocycles. The SMILES string of the molecule is CCc1cncc(Cl)c1C(=O)CN(CC1(C)COC1)C(=O)c1cnn(C2CCC(C)(C(=O)O)CC2)c1C(F)(F)F. The van der Waals surface area contributed by atoms with E-state index < -0.39 is 58.5 Å². The Balaban J connectivity index is 1.68. The minimum Gasteiger partial charge on any atom is -0.481 e. The first kappa shape index (κ1) is 30.0. The molecule has 0 radical (unpaired) electrons. The molecule has 1 aliphatic carbocycles. The van der Waals surface area contributed by atoms with Crippen molar-refractivity contribution in [1.29, 1.82) is 0 Å². The lowest BCUT2D eigenvalue weighted by Crippen LogP contribution is -2.51. The number of rotatable bonds is 9. The lowest BCUT2D eigenvalue weighted by atomic mass is 9.74. The van der Waals surface area contributed by atoms with Gasteiger partial charge in [-0.2, -0.15) is 18.3 Å². The van der Waals surface area contributed by atoms with Crippen molar-refractivity contribution in [2.45, 2.75) is 65.1 Å². The smallest absolute Gasteiger partial charge is 0.433 e. The Kier molecular flexibility index (Phi) is 8.33. The van der Waals surface area contributed by atoms with Crippen LogP contribution in [-0.2, 0) is 22.1 Å². The number of carboxylic acid groups (broad SMARTS) is 1. The van der Waals surface area contributed by atoms with E-state index in [-0.39, 0.29) is 56.0 Å². The standard InChI is InChI=1S/C27H32ClF3N4O5/c1-4-16-9-32-11-19(28)21(16)20(36)12-34(13-25(2)14-40-15-25)23(37)18-10-33-35(22(18)27(29,30)31)17-5-7-26(3,8-6-17)24(38)39/h9-11,17H,4-8,12-15H2,1-3H3,(H,38,39). The Bertz CT molecular complexity index is 1300. The molecule has 0 unspecified atom stereocenters. The summed E-state index contributed by atoms with van der Waals surface area (Å²) in [5.74, 6) is -2.48. The van der Waals surface area contributed by atoms with Crippen LogP contribution in [-0.4, -0.2) is 68.7 Å². The molecule has 4 rings (SSSR count). The van der Waals surface area contributed by atoms with Gasteiger partial charge in [0.05, 0.1) is 48.0 Å². The number of Topliss-reactive ketones (excluding diaryl/α,β-unsaturated/α-hetero) is 1. The van der Waals surface area contributed by atoms with Crippen LogP contribution in [0.3, 0.4) is 0 Å². The van der Waals surface area contributed by atoms with Gasteiger partial charge in [-0.05, 0) is 44.6 Å². The van der Waals surface area contributed by atoms with E-state index in [1.54, 1.807) is 6.92 Å². The zero-order chi connectivity index (χ0) is 29.5. The van der Waals surface area contributed by atoms with Crippen molar-refractivity contribution in [1.82, 2.24) is 19.7 Å². The maximum absolute atomic E-state index is 14.5. The summed E-state index contributed by atoms with van der Waals surface area (Å²) in [6, 6.07) is -0.721. The lowest BCUT2D eigenvalue weighted by Gasteiger charge is -2.41. The minimum absolute atomic E-state index is 0.00932. The third kappa shape index (κ3) is 5.88. The van der Waals surface area contributed by atoms with Gasteiger partial charge in [0, 0.05) is 29.9 Å². The summed E-state index contributed by atoms with van der Waals surface area (Å²) in [6.45, 7) is 5.29. The number of aliphatic carboxylic acids is 1. The molecule has 13 heteroatoms. The van der Waals surface area contributed by atoms with Gasteiger partial charge in [0.1, 0.15) is 0 Å². The fraction of sp³-hybridized carbons (Fsp3) is 0.593. The predicted molar refractivity (Wildman–Crippen MR) is 138 cm³/mol. The number of carbonyl (C=O) groups excluding carboxylic acids is 2. The van der Waals surface area contributed by atoms with E-state index in [0.717, 1.165) is 15.8 Å². The largest absolute Gasteiger partial charge is 0.481 e. The van der Waals surface area contributed by atoms with Crippen molar-refractivity contribution in [2.75, 3.05) is 26.3 Å². The number of ketones is 1. The minimum atomic E-state index is -4.92. The van der Waals surface area contributed by atoms with E-state index in [0.29, 0.717) is 12.0 Å². The number of halogens is 4. The number of carbonyl (C=O) groups is 3. The Morgan fingerprint density at radius 3 is 2.35 bits per heavy atom. The third-order valence-electron chi connectivity index (χ3n) is 7.95. The maximum Gasteiger partial charge on any atom is 0.433 e. The van der Waals surface area contributed by atoms with Crippen LogP contribution in [0.5, 0.6) is 0 Å². The van der Waals surface area contributed by atoms with Gasteiger partial charge in [-0.3, -0.25) is 24.0 Å². The molecular formula is C27H32ClF3N4O5. The highest BCUT2D eigenvalue weighted by Crippen LogP contribution is 2.43. The zero-order valence-electron chi connectivity index (χ0n) is 22.6. The van der Waals surface area contributed by atoms with Gasteiger partial charge in [0.15, 0.2) is 11.5 Å². The summed E-state index contributed by atoms with van der Waals surface area (Å²) in [6.07, 6.45) is -0.0796. The molecule has 2 aromatic rings. The first-order chi connectivity index (χ1) is 18.7. The highest BCUT2D eigenvalue weighted by atomic mass is 35.5. The van der Waals surface area contributed by atoms with Crippen LogP contribution in [0.1, 0.15) is 84.5 Å². The summed E-state index contributed by atoms with van der Waals surface area (Å²) in [7, 11) is 0. The zero-order valence-corrected chi connectivity index (χ0v) is 23.3. The molecule has 40 heavy (non-hydrogen) atoms. The van der Waals surface area contributed by atoms with E-state index in [2.05, 4.69) is 10.1 Å². The number of ether oxygens (including phenoxy) is 1. The molecule has 2 aromatic heterocycles. The molecule has 9 nitrogen and oxygen atoms in total. The summed E-state index contributed by atoms with van der Waals surface area (Å²) in [5.41, 5.74) is -2.67. The molecule has 0 atom stereocenters. The first-order valence-corrected chi connectivity index (χ1v) is 13.5. The second kappa shape index (κ2) is 11.1. The van der Waals surface area contributed by atoms with E-state index in [4.69, 9.17) is 16.3 Å². The van der Waals surface area contributed by atoms with Gasteiger partial charge in [0.2, 0.25) is 0 Å². The van der Waals surface area contributed by atoms with Crippen molar-refractivity contribution >= 4 is 29.3 Å². The molecule has 0 spiro atoms. The molecule has 2 fully saturated rings. The highest BCUT2D eigenvalue weighted by Gasteiger charge is 2.46. The third-order valence-corrected chi connectivity index (χ3v) is 8.24. The number of hydrogen-bond donors (Lipinski definition) is 1. The van der Waals surface area contributed by atoms with Gasteiger partial charge >= 0.3 is 12.1 Å². The maximum atomic E-state index is 14.5. The lowest BCUT2D eigenvalue weighted by molar-refractivity contribution is -0.152. The van der Waals surface area contributed by atoms with Crippen LogP contribution >= 0.6 is 11.6 Å². The number of amides is 1. The predicted octanol–water partition coefficient (Wildman–Crippen LogP) is 5.08. The molecule has 1 saturated carbocycles. The topological polar surface area (TPSA) is 115 Å². The average Bonchev–Trinajstić information content (AvgIpc) is 3.33. The normalized spacial score (nSPS) is 22.4. The summed E-state index contributed by atoms with van der Waals surface area (Å²) in [5, 5.41) is 13.6. The highest BCUT2D eigenvalue weighted by molar-refractivity contribution is 6.34. The van der Waals surface area contributed by atoms with Crippen molar-refractivity contribution in [2.24, 2.45) is 10.8 Å². The number of aryl methyl sites for hydroxylation is 1. The molecule has 1 amide bonds. The second-order valence-electron chi connectivity index (χ2n) is 11.3. The molecule has 3 heterocycles. The van der Waals surface area contributed by atoms with Crippen LogP contribution in [0.2, 0.25) is 5.02 Å². The molecule has 2 aliphatic rings. The van der Waals surface area contributed by atoms with Gasteiger partial charge in [-0.25, -0.2) is 0 Å². The van der Waals surface area contributed by atoms with Gasteiger partial charge in [-0.15, -0.1) is 0 Å². The Labute approximate surface area is 234 Å². The van der Waals surface area contributed by atoms with Crippen LogP contribution in [0, 0.1) is 10.8 Å². The number of pyridine rings is 1. The van der Waals surface area contributed by atoms with Gasteiger partial charge in [0.25, 0.3) is 5.91 Å². The first-order valence-electron chi connectivity index (χ1n) is 13.1. The molecule has 218 valence electrons. The fourth-order valence-corrected chi connectivity index (χ4v) is 5.74. The van der Waals surface area contributed by atoms with Crippen LogP contribution in [0.15, 0.2) is 18.6 Å². The average molecular weight is 585 g/mol. The molecule has 0 aromatic carbocycles. The fourth-order valence-electron chi connectivity index (χ4n) is 5.46. The van der Waals surface area contributed by atoms with Crippen LogP contribution in [0.25, 0.3) is 0 Å². The number of aromatic nitrogens is 3. The Morgan fingerprint density at radius 2 is 1.82 bits per heavy atom. The van der Waals surface area contributed by atoms with E-state index >= 15 is 0 Å².